The zero-order chi connectivity index (χ0) is 11.3. The van der Waals surface area contributed by atoms with Crippen molar-refractivity contribution in [3.8, 4) is 0 Å². The van der Waals surface area contributed by atoms with Crippen molar-refractivity contribution in [2.75, 3.05) is 25.1 Å². The minimum absolute atomic E-state index is 0.00954. The molecule has 0 saturated heterocycles. The van der Waals surface area contributed by atoms with Gasteiger partial charge in [-0.3, -0.25) is 9.59 Å². The highest BCUT2D eigenvalue weighted by Gasteiger charge is 2.14. The largest absolute Gasteiger partial charge is 0.468 e. The van der Waals surface area contributed by atoms with Gasteiger partial charge in [0.2, 0.25) is 5.91 Å². The fourth-order valence-electron chi connectivity index (χ4n) is 1.07. The van der Waals surface area contributed by atoms with Gasteiger partial charge in [-0.1, -0.05) is 0 Å². The molecular formula is C9H12N2O3S. The molecule has 0 atom stereocenters. The molecular weight excluding hydrogens is 216 g/mol. The lowest BCUT2D eigenvalue weighted by molar-refractivity contribution is -0.138. The lowest BCUT2D eigenvalue weighted by Gasteiger charge is -2.19. The average molecular weight is 228 g/mol. The molecule has 0 aliphatic heterocycles. The molecule has 6 heteroatoms. The monoisotopic (exact) mass is 228 g/mol. The zero-order valence-corrected chi connectivity index (χ0v) is 9.12. The second-order valence-electron chi connectivity index (χ2n) is 2.85. The highest BCUT2D eigenvalue weighted by molar-refractivity contribution is 7.14. The maximum absolute atomic E-state index is 11.1. The lowest BCUT2D eigenvalue weighted by Crippen LogP contribution is -2.37. The molecule has 0 spiro atoms. The number of anilines is 1. The van der Waals surface area contributed by atoms with E-state index in [1.807, 2.05) is 17.5 Å². The molecule has 0 aliphatic carbocycles. The van der Waals surface area contributed by atoms with Crippen LogP contribution in [0.4, 0.5) is 5.00 Å². The third-order valence-corrected chi connectivity index (χ3v) is 2.64. The Morgan fingerprint density at radius 3 is 2.73 bits per heavy atom. The Bertz CT molecular complexity index is 337. The molecule has 1 heterocycles. The van der Waals surface area contributed by atoms with Crippen molar-refractivity contribution in [1.29, 1.82) is 0 Å². The first-order valence-electron chi connectivity index (χ1n) is 4.27. The van der Waals surface area contributed by atoms with Gasteiger partial charge in [-0.05, 0) is 17.5 Å². The maximum atomic E-state index is 11.1. The number of rotatable bonds is 5. The predicted octanol–water partition coefficient (Wildman–Crippen LogP) is 0.213. The molecule has 5 nitrogen and oxygen atoms in total. The molecule has 0 fully saturated rings. The minimum atomic E-state index is -0.479. The Labute approximate surface area is 91.4 Å². The number of nitrogens with two attached hydrogens (primary N) is 1. The standard InChI is InChI=1S/C9H12N2O3S/c1-14-9(13)6-11(5-7(10)12)8-3-2-4-15-8/h2-4H,5-6H2,1H3,(H2,10,12). The van der Waals surface area contributed by atoms with Crippen molar-refractivity contribution in [2.24, 2.45) is 5.73 Å². The highest BCUT2D eigenvalue weighted by atomic mass is 32.1. The summed E-state index contributed by atoms with van der Waals surface area (Å²) in [5, 5.41) is 2.68. The number of nitrogens with zero attached hydrogens (tertiary/aromatic N) is 1. The van der Waals surface area contributed by atoms with Crippen molar-refractivity contribution in [2.45, 2.75) is 0 Å². The van der Waals surface area contributed by atoms with Gasteiger partial charge in [0.1, 0.15) is 6.54 Å². The number of methoxy groups -OCH3 is 1. The second kappa shape index (κ2) is 5.35. The molecule has 1 rings (SSSR count). The molecule has 2 N–H and O–H groups in total. The van der Waals surface area contributed by atoms with E-state index < -0.39 is 11.9 Å². The molecule has 0 aliphatic rings. The van der Waals surface area contributed by atoms with E-state index in [9.17, 15) is 9.59 Å². The number of primary amides is 1. The molecule has 1 aromatic rings. The van der Waals surface area contributed by atoms with E-state index in [4.69, 9.17) is 5.73 Å². The molecule has 15 heavy (non-hydrogen) atoms. The van der Waals surface area contributed by atoms with E-state index >= 15 is 0 Å². The minimum Gasteiger partial charge on any atom is -0.468 e. The van der Waals surface area contributed by atoms with Crippen LogP contribution in [0.2, 0.25) is 0 Å². The average Bonchev–Trinajstić information content (AvgIpc) is 2.68. The molecule has 0 aromatic carbocycles. The maximum Gasteiger partial charge on any atom is 0.325 e. The third-order valence-electron chi connectivity index (χ3n) is 1.71. The van der Waals surface area contributed by atoms with E-state index in [2.05, 4.69) is 4.74 Å². The Morgan fingerprint density at radius 2 is 2.27 bits per heavy atom. The first-order valence-corrected chi connectivity index (χ1v) is 5.15. The van der Waals surface area contributed by atoms with Crippen LogP contribution in [0.25, 0.3) is 0 Å². The lowest BCUT2D eigenvalue weighted by atomic mass is 10.4. The van der Waals surface area contributed by atoms with Gasteiger partial charge in [0.05, 0.1) is 18.7 Å². The van der Waals surface area contributed by atoms with Gasteiger partial charge in [-0.25, -0.2) is 0 Å². The van der Waals surface area contributed by atoms with Crippen LogP contribution >= 0.6 is 11.3 Å². The molecule has 1 aromatic heterocycles. The van der Waals surface area contributed by atoms with E-state index in [0.717, 1.165) is 5.00 Å². The van der Waals surface area contributed by atoms with Gasteiger partial charge in [-0.15, -0.1) is 11.3 Å². The van der Waals surface area contributed by atoms with E-state index in [-0.39, 0.29) is 13.1 Å². The fourth-order valence-corrected chi connectivity index (χ4v) is 1.80. The van der Waals surface area contributed by atoms with E-state index in [1.54, 1.807) is 4.90 Å². The normalized spacial score (nSPS) is 9.67. The summed E-state index contributed by atoms with van der Waals surface area (Å²) in [5.41, 5.74) is 5.09. The quantitative estimate of drug-likeness (QED) is 0.731. The summed E-state index contributed by atoms with van der Waals surface area (Å²) in [5.74, 6) is -0.878. The van der Waals surface area contributed by atoms with Crippen LogP contribution in [0, 0.1) is 0 Å². The number of hydrogen-bond acceptors (Lipinski definition) is 5. The van der Waals surface area contributed by atoms with Gasteiger partial charge in [0.15, 0.2) is 0 Å². The first-order chi connectivity index (χ1) is 7.13. The van der Waals surface area contributed by atoms with Crippen molar-refractivity contribution >= 4 is 28.2 Å². The van der Waals surface area contributed by atoms with Crippen LogP contribution in [0.5, 0.6) is 0 Å². The molecule has 82 valence electrons. The molecule has 0 saturated carbocycles. The fraction of sp³-hybridized carbons (Fsp3) is 0.333. The smallest absolute Gasteiger partial charge is 0.325 e. The van der Waals surface area contributed by atoms with Crippen LogP contribution in [0.15, 0.2) is 17.5 Å². The van der Waals surface area contributed by atoms with Gasteiger partial charge in [0.25, 0.3) is 0 Å². The molecule has 0 bridgehead atoms. The number of amides is 1. The molecule has 1 amide bonds. The topological polar surface area (TPSA) is 72.6 Å². The van der Waals surface area contributed by atoms with Crippen molar-refractivity contribution < 1.29 is 14.3 Å². The SMILES string of the molecule is COC(=O)CN(CC(N)=O)c1cccs1. The van der Waals surface area contributed by atoms with Gasteiger partial charge in [-0.2, -0.15) is 0 Å². The number of ether oxygens (including phenoxy) is 1. The zero-order valence-electron chi connectivity index (χ0n) is 8.30. The Balaban J connectivity index is 2.70. The molecule has 0 unspecified atom stereocenters. The Hall–Kier alpha value is -1.56. The predicted molar refractivity (Wildman–Crippen MR) is 57.7 cm³/mol. The summed E-state index contributed by atoms with van der Waals surface area (Å²) < 4.78 is 4.53. The van der Waals surface area contributed by atoms with Gasteiger partial charge in [0, 0.05) is 0 Å². The number of hydrogen-bond donors (Lipinski definition) is 1. The van der Waals surface area contributed by atoms with Crippen LogP contribution < -0.4 is 10.6 Å². The first kappa shape index (κ1) is 11.5. The summed E-state index contributed by atoms with van der Waals surface area (Å²) in [6.45, 7) is 0.0373. The second-order valence-corrected chi connectivity index (χ2v) is 3.78. The van der Waals surface area contributed by atoms with Crippen molar-refractivity contribution in [3.63, 3.8) is 0 Å². The summed E-state index contributed by atoms with van der Waals surface area (Å²) >= 11 is 1.44. The summed E-state index contributed by atoms with van der Waals surface area (Å²) in [6, 6.07) is 3.65. The van der Waals surface area contributed by atoms with Crippen molar-refractivity contribution in [1.82, 2.24) is 0 Å². The number of carbonyl (C=O) groups is 2. The molecule has 0 radical (unpaired) electrons. The third kappa shape index (κ3) is 3.59. The summed E-state index contributed by atoms with van der Waals surface area (Å²) in [7, 11) is 1.30. The van der Waals surface area contributed by atoms with E-state index in [1.165, 1.54) is 18.4 Å². The highest BCUT2D eigenvalue weighted by Crippen LogP contribution is 2.20. The number of thiophene rings is 1. The number of esters is 1. The summed E-state index contributed by atoms with van der Waals surface area (Å²) in [6.07, 6.45) is 0. The van der Waals surface area contributed by atoms with Crippen LogP contribution in [0.1, 0.15) is 0 Å². The Morgan fingerprint density at radius 1 is 1.53 bits per heavy atom. The number of carbonyl (C=O) groups excluding carboxylic acids is 2. The van der Waals surface area contributed by atoms with Crippen LogP contribution in [0.3, 0.4) is 0 Å². The summed E-state index contributed by atoms with van der Waals surface area (Å²) in [4.78, 5) is 23.5. The van der Waals surface area contributed by atoms with Gasteiger partial charge >= 0.3 is 5.97 Å². The van der Waals surface area contributed by atoms with Gasteiger partial charge < -0.3 is 15.4 Å². The Kier molecular flexibility index (Phi) is 4.11. The van der Waals surface area contributed by atoms with Crippen LogP contribution in [-0.2, 0) is 14.3 Å². The van der Waals surface area contributed by atoms with E-state index in [0.29, 0.717) is 0 Å². The van der Waals surface area contributed by atoms with Crippen LogP contribution in [-0.4, -0.2) is 32.1 Å². The van der Waals surface area contributed by atoms with Crippen molar-refractivity contribution in [3.05, 3.63) is 17.5 Å².